The molecule has 3 aliphatic rings. The predicted molar refractivity (Wildman–Crippen MR) is 251 cm³/mol. The van der Waals surface area contributed by atoms with Gasteiger partial charge in [-0.05, 0) is 103 Å². The number of H-pyrrole nitrogens is 2. The van der Waals surface area contributed by atoms with Gasteiger partial charge in [0.05, 0.1) is 29.7 Å². The molecule has 2 aromatic heterocycles. The molecule has 67 heavy (non-hydrogen) atoms. The summed E-state index contributed by atoms with van der Waals surface area (Å²) in [5, 5.41) is 5.61. The van der Waals surface area contributed by atoms with Crippen molar-refractivity contribution in [3.05, 3.63) is 126 Å². The first kappa shape index (κ1) is 46.8. The van der Waals surface area contributed by atoms with E-state index < -0.39 is 35.5 Å². The number of nitrogens with zero attached hydrogens (tertiary/aromatic N) is 5. The lowest BCUT2D eigenvalue weighted by atomic mass is 9.93. The highest BCUT2D eigenvalue weighted by Crippen LogP contribution is 2.38. The first-order chi connectivity index (χ1) is 32.0. The van der Waals surface area contributed by atoms with E-state index in [0.717, 1.165) is 43.6 Å². The van der Waals surface area contributed by atoms with E-state index in [9.17, 15) is 19.2 Å². The highest BCUT2D eigenvalue weighted by atomic mass is 19.1. The summed E-state index contributed by atoms with van der Waals surface area (Å²) in [7, 11) is 0. The Hall–Kier alpha value is -6.71. The Labute approximate surface area is 391 Å². The molecule has 4 atom stereocenters. The molecule has 16 heteroatoms. The van der Waals surface area contributed by atoms with Gasteiger partial charge >= 0.3 is 12.2 Å². The molecule has 0 unspecified atom stereocenters. The van der Waals surface area contributed by atoms with Gasteiger partial charge in [0.25, 0.3) is 11.8 Å². The Balaban J connectivity index is 0.892. The number of benzene rings is 3. The van der Waals surface area contributed by atoms with Crippen LogP contribution in [0, 0.1) is 5.82 Å². The van der Waals surface area contributed by atoms with Gasteiger partial charge < -0.3 is 44.8 Å². The topological polar surface area (TPSA) is 178 Å². The molecule has 5 aromatic rings. The van der Waals surface area contributed by atoms with E-state index in [1.54, 1.807) is 69.7 Å². The zero-order chi connectivity index (χ0) is 47.5. The molecule has 0 radical (unpaired) electrons. The van der Waals surface area contributed by atoms with Crippen molar-refractivity contribution < 1.29 is 33.0 Å². The molecule has 0 saturated carbocycles. The number of nitrogens with one attached hydrogen (secondary N) is 4. The second kappa shape index (κ2) is 19.6. The van der Waals surface area contributed by atoms with Crippen molar-refractivity contribution in [2.24, 2.45) is 0 Å². The molecule has 3 saturated heterocycles. The van der Waals surface area contributed by atoms with Gasteiger partial charge in [0.1, 0.15) is 40.8 Å². The lowest BCUT2D eigenvalue weighted by Crippen LogP contribution is -2.44. The number of piperidine rings is 1. The largest absolute Gasteiger partial charge is 0.444 e. The smallest absolute Gasteiger partial charge is 0.408 e. The number of carbonyl (C=O) groups is 4. The van der Waals surface area contributed by atoms with E-state index in [0.29, 0.717) is 66.5 Å². The fourth-order valence-corrected chi connectivity index (χ4v) is 9.42. The second-order valence-corrected chi connectivity index (χ2v) is 19.7. The fraction of sp³-hybridized carbons (Fsp3) is 0.451. The molecule has 0 spiro atoms. The lowest BCUT2D eigenvalue weighted by Gasteiger charge is -2.33. The van der Waals surface area contributed by atoms with E-state index in [2.05, 4.69) is 30.5 Å². The van der Waals surface area contributed by atoms with Crippen molar-refractivity contribution in [3.63, 3.8) is 0 Å². The molecular formula is C51H62FN9O6. The summed E-state index contributed by atoms with van der Waals surface area (Å²) in [5.74, 6) is 0.668. The highest BCUT2D eigenvalue weighted by Gasteiger charge is 2.39. The van der Waals surface area contributed by atoms with Crippen LogP contribution in [0.15, 0.2) is 91.3 Å². The molecular weight excluding hydrogens is 854 g/mol. The quantitative estimate of drug-likeness (QED) is 0.101. The normalized spacial score (nSPS) is 18.9. The summed E-state index contributed by atoms with van der Waals surface area (Å²) in [6.07, 6.45) is 6.74. The van der Waals surface area contributed by atoms with Gasteiger partial charge in [0.2, 0.25) is 0 Å². The number of likely N-dealkylation sites (tertiary alicyclic amines) is 2. The second-order valence-electron chi connectivity index (χ2n) is 19.7. The summed E-state index contributed by atoms with van der Waals surface area (Å²) in [6.45, 7) is 13.0. The van der Waals surface area contributed by atoms with Gasteiger partial charge in [-0.3, -0.25) is 9.59 Å². The number of anilines is 1. The summed E-state index contributed by atoms with van der Waals surface area (Å²) >= 11 is 0. The average Bonchev–Trinajstić information content (AvgIpc) is 4.14. The molecule has 8 rings (SSSR count). The summed E-state index contributed by atoms with van der Waals surface area (Å²) in [5.41, 5.74) is 2.65. The molecule has 354 valence electrons. The molecule has 15 nitrogen and oxygen atoms in total. The molecule has 0 aliphatic carbocycles. The third kappa shape index (κ3) is 11.1. The first-order valence-electron chi connectivity index (χ1n) is 23.4. The van der Waals surface area contributed by atoms with E-state index in [1.165, 1.54) is 6.07 Å². The van der Waals surface area contributed by atoms with Crippen LogP contribution in [0.4, 0.5) is 19.7 Å². The molecule has 3 fully saturated rings. The minimum atomic E-state index is -0.953. The maximum atomic E-state index is 16.0. The van der Waals surface area contributed by atoms with Crippen LogP contribution in [0.3, 0.4) is 0 Å². The molecule has 3 aliphatic heterocycles. The number of hydrogen-bond acceptors (Lipinski definition) is 9. The third-order valence-corrected chi connectivity index (χ3v) is 12.5. The van der Waals surface area contributed by atoms with Gasteiger partial charge in [0, 0.05) is 49.6 Å². The Morgan fingerprint density at radius 2 is 1.15 bits per heavy atom. The predicted octanol–water partition coefficient (Wildman–Crippen LogP) is 9.18. The van der Waals surface area contributed by atoms with Crippen LogP contribution in [0.1, 0.15) is 139 Å². The zero-order valence-electron chi connectivity index (χ0n) is 39.2. The number of carbonyl (C=O) groups excluding carboxylic acids is 4. The molecule has 4 N–H and O–H groups in total. The van der Waals surface area contributed by atoms with Crippen molar-refractivity contribution in [2.45, 2.75) is 121 Å². The van der Waals surface area contributed by atoms with E-state index in [-0.39, 0.29) is 35.6 Å². The number of imidazole rings is 2. The SMILES string of the molecule is CC(C)(C)OC(=O)N[C@@H](C(=O)N1CCC[C@H]1c1ncc(-c2ccc(N3CCC(c4cnc([C@@H]5CCCN5C(=O)[C@H](NC(=O)OC(C)(C)C)c5ccccc5)[nH]4)CC3)c(F)c2)[nH]1)c1ccccc1. The lowest BCUT2D eigenvalue weighted by molar-refractivity contribution is -0.135. The number of alkyl carbamates (subject to hydrolysis) is 2. The van der Waals surface area contributed by atoms with Crippen molar-refractivity contribution in [1.29, 1.82) is 0 Å². The molecule has 3 aromatic carbocycles. The number of aromatic nitrogens is 4. The molecule has 5 heterocycles. The number of rotatable bonds is 11. The summed E-state index contributed by atoms with van der Waals surface area (Å²) < 4.78 is 27.0. The van der Waals surface area contributed by atoms with Gasteiger partial charge in [-0.2, -0.15) is 0 Å². The van der Waals surface area contributed by atoms with Crippen LogP contribution < -0.4 is 15.5 Å². The number of amides is 4. The van der Waals surface area contributed by atoms with Crippen LogP contribution in [0.2, 0.25) is 0 Å². The van der Waals surface area contributed by atoms with Crippen LogP contribution >= 0.6 is 0 Å². The van der Waals surface area contributed by atoms with Crippen LogP contribution in [-0.2, 0) is 19.1 Å². The fourth-order valence-electron chi connectivity index (χ4n) is 9.42. The number of aromatic amines is 2. The van der Waals surface area contributed by atoms with E-state index in [4.69, 9.17) is 14.5 Å². The van der Waals surface area contributed by atoms with Crippen molar-refractivity contribution in [1.82, 2.24) is 40.4 Å². The Morgan fingerprint density at radius 3 is 1.64 bits per heavy atom. The van der Waals surface area contributed by atoms with E-state index >= 15 is 4.39 Å². The summed E-state index contributed by atoms with van der Waals surface area (Å²) in [4.78, 5) is 76.1. The number of hydrogen-bond donors (Lipinski definition) is 4. The van der Waals surface area contributed by atoms with Crippen LogP contribution in [0.5, 0.6) is 0 Å². The van der Waals surface area contributed by atoms with Gasteiger partial charge in [0.15, 0.2) is 0 Å². The van der Waals surface area contributed by atoms with Crippen molar-refractivity contribution in [2.75, 3.05) is 31.1 Å². The van der Waals surface area contributed by atoms with Crippen molar-refractivity contribution >= 4 is 29.7 Å². The van der Waals surface area contributed by atoms with Gasteiger partial charge in [-0.15, -0.1) is 0 Å². The highest BCUT2D eigenvalue weighted by molar-refractivity contribution is 5.88. The summed E-state index contributed by atoms with van der Waals surface area (Å²) in [6, 6.07) is 21.0. The standard InChI is InChI=1S/C51H62FN9O6/c1-50(2,3)66-48(64)57-42(33-15-9-7-10-16-33)46(62)60-25-13-19-40(60)44-53-30-37(55-44)32-23-27-59(28-24-32)39-22-21-35(29-36(39)52)38-31-54-45(56-38)41-20-14-26-61(41)47(63)43(34-17-11-8-12-18-34)58-49(65)67-51(4,5)6/h7-12,15-18,21-22,29-32,40-43H,13-14,19-20,23-28H2,1-6H3,(H,53,55)(H,54,56)(H,57,64)(H,58,65)/t40-,41-,42+,43+/m0/s1. The Bertz CT molecular complexity index is 2530. The van der Waals surface area contributed by atoms with Gasteiger partial charge in [-0.25, -0.2) is 23.9 Å². The van der Waals surface area contributed by atoms with Crippen LogP contribution in [0.25, 0.3) is 11.3 Å². The van der Waals surface area contributed by atoms with Crippen molar-refractivity contribution in [3.8, 4) is 11.3 Å². The molecule has 4 amide bonds. The van der Waals surface area contributed by atoms with Crippen LogP contribution in [-0.4, -0.2) is 91.1 Å². The Morgan fingerprint density at radius 1 is 0.657 bits per heavy atom. The average molecular weight is 916 g/mol. The minimum Gasteiger partial charge on any atom is -0.444 e. The number of ether oxygens (including phenoxy) is 2. The number of halogens is 1. The third-order valence-electron chi connectivity index (χ3n) is 12.5. The minimum absolute atomic E-state index is 0.179. The monoisotopic (exact) mass is 915 g/mol. The maximum Gasteiger partial charge on any atom is 0.408 e. The maximum absolute atomic E-state index is 16.0. The molecule has 0 bridgehead atoms. The van der Waals surface area contributed by atoms with E-state index in [1.807, 2.05) is 66.9 Å². The first-order valence-corrected chi connectivity index (χ1v) is 23.4. The Kier molecular flexibility index (Phi) is 13.7. The van der Waals surface area contributed by atoms with Gasteiger partial charge in [-0.1, -0.05) is 66.7 Å². The zero-order valence-corrected chi connectivity index (χ0v) is 39.2.